The molecule has 2 aromatic carbocycles. The number of halogens is 2. The van der Waals surface area contributed by atoms with Gasteiger partial charge in [0.15, 0.2) is 0 Å². The molecule has 1 atom stereocenters. The fourth-order valence-electron chi connectivity index (χ4n) is 2.75. The third-order valence-electron chi connectivity index (χ3n) is 4.14. The summed E-state index contributed by atoms with van der Waals surface area (Å²) in [4.78, 5) is 16.5. The van der Waals surface area contributed by atoms with Gasteiger partial charge in [0, 0.05) is 17.7 Å². The van der Waals surface area contributed by atoms with Gasteiger partial charge in [0.1, 0.15) is 24.2 Å². The molecule has 3 aromatic rings. The standard InChI is InChI=1S/C19H17Cl2N3O4/c1-26-18(25)19(27-2,10-24-12-22-11-23-24)16-8-7-15(9-17(16)21)28-14-5-3-13(20)4-6-14/h3-9,11-12H,10H2,1-2H3. The van der Waals surface area contributed by atoms with E-state index in [1.165, 1.54) is 31.6 Å². The molecule has 0 fully saturated rings. The van der Waals surface area contributed by atoms with Crippen molar-refractivity contribution in [3.05, 3.63) is 70.7 Å². The van der Waals surface area contributed by atoms with Crippen molar-refractivity contribution in [2.75, 3.05) is 14.2 Å². The van der Waals surface area contributed by atoms with Gasteiger partial charge in [0.05, 0.1) is 18.7 Å². The Kier molecular flexibility index (Phi) is 6.18. The van der Waals surface area contributed by atoms with Gasteiger partial charge in [-0.2, -0.15) is 5.10 Å². The summed E-state index contributed by atoms with van der Waals surface area (Å²) in [6, 6.07) is 11.9. The Morgan fingerprint density at radius 1 is 1.11 bits per heavy atom. The Hall–Kier alpha value is -2.61. The van der Waals surface area contributed by atoms with Crippen LogP contribution >= 0.6 is 23.2 Å². The lowest BCUT2D eigenvalue weighted by Gasteiger charge is -2.30. The van der Waals surface area contributed by atoms with Crippen molar-refractivity contribution in [1.29, 1.82) is 0 Å². The second kappa shape index (κ2) is 8.60. The number of carbonyl (C=O) groups excluding carboxylic acids is 1. The van der Waals surface area contributed by atoms with Crippen LogP contribution in [0.2, 0.25) is 10.0 Å². The molecule has 0 amide bonds. The summed E-state index contributed by atoms with van der Waals surface area (Å²) in [5.74, 6) is 0.479. The Bertz CT molecular complexity index is 948. The SMILES string of the molecule is COC(=O)C(Cn1cncn1)(OC)c1ccc(Oc2ccc(Cl)cc2)cc1Cl. The van der Waals surface area contributed by atoms with Crippen molar-refractivity contribution in [3.8, 4) is 11.5 Å². The molecule has 0 saturated carbocycles. The van der Waals surface area contributed by atoms with Crippen LogP contribution in [0.1, 0.15) is 5.56 Å². The lowest BCUT2D eigenvalue weighted by molar-refractivity contribution is -0.170. The quantitative estimate of drug-likeness (QED) is 0.534. The number of methoxy groups -OCH3 is 2. The molecule has 0 N–H and O–H groups in total. The molecule has 1 heterocycles. The monoisotopic (exact) mass is 421 g/mol. The summed E-state index contributed by atoms with van der Waals surface area (Å²) in [7, 11) is 2.69. The van der Waals surface area contributed by atoms with Gasteiger partial charge in [-0.15, -0.1) is 0 Å². The maximum atomic E-state index is 12.6. The molecule has 0 bridgehead atoms. The first kappa shape index (κ1) is 20.1. The van der Waals surface area contributed by atoms with E-state index in [1.54, 1.807) is 42.5 Å². The molecule has 0 aliphatic rings. The zero-order valence-electron chi connectivity index (χ0n) is 15.1. The smallest absolute Gasteiger partial charge is 0.344 e. The Labute approximate surface area is 171 Å². The van der Waals surface area contributed by atoms with E-state index in [2.05, 4.69) is 10.1 Å². The summed E-state index contributed by atoms with van der Waals surface area (Å²) in [6.07, 6.45) is 2.84. The molecule has 0 aliphatic carbocycles. The van der Waals surface area contributed by atoms with Crippen molar-refractivity contribution >= 4 is 29.2 Å². The summed E-state index contributed by atoms with van der Waals surface area (Å²) < 4.78 is 17.8. The van der Waals surface area contributed by atoms with Crippen LogP contribution in [0, 0.1) is 0 Å². The van der Waals surface area contributed by atoms with Crippen molar-refractivity contribution in [2.24, 2.45) is 0 Å². The van der Waals surface area contributed by atoms with E-state index in [4.69, 9.17) is 37.4 Å². The first-order valence-corrected chi connectivity index (χ1v) is 8.93. The van der Waals surface area contributed by atoms with E-state index < -0.39 is 11.6 Å². The number of hydrogen-bond acceptors (Lipinski definition) is 6. The molecule has 0 spiro atoms. The van der Waals surface area contributed by atoms with Crippen LogP contribution in [0.3, 0.4) is 0 Å². The molecule has 28 heavy (non-hydrogen) atoms. The van der Waals surface area contributed by atoms with E-state index in [1.807, 2.05) is 0 Å². The van der Waals surface area contributed by atoms with Crippen LogP contribution in [-0.2, 0) is 26.4 Å². The zero-order chi connectivity index (χ0) is 20.1. The second-order valence-electron chi connectivity index (χ2n) is 5.81. The summed E-state index contributed by atoms with van der Waals surface area (Å²) in [5, 5.41) is 4.93. The molecule has 7 nitrogen and oxygen atoms in total. The van der Waals surface area contributed by atoms with Crippen LogP contribution < -0.4 is 4.74 Å². The minimum Gasteiger partial charge on any atom is -0.467 e. The highest BCUT2D eigenvalue weighted by Crippen LogP contribution is 2.37. The molecular weight excluding hydrogens is 405 g/mol. The van der Waals surface area contributed by atoms with Gasteiger partial charge >= 0.3 is 5.97 Å². The summed E-state index contributed by atoms with van der Waals surface area (Å²) in [6.45, 7) is 0.0350. The van der Waals surface area contributed by atoms with E-state index in [0.29, 0.717) is 22.1 Å². The molecule has 9 heteroatoms. The molecule has 1 unspecified atom stereocenters. The van der Waals surface area contributed by atoms with Crippen LogP contribution in [0.4, 0.5) is 0 Å². The largest absolute Gasteiger partial charge is 0.467 e. The first-order chi connectivity index (χ1) is 13.5. The van der Waals surface area contributed by atoms with Crippen LogP contribution in [0.25, 0.3) is 0 Å². The maximum absolute atomic E-state index is 12.6. The third kappa shape index (κ3) is 4.11. The van der Waals surface area contributed by atoms with Crippen LogP contribution in [0.15, 0.2) is 55.1 Å². The average molecular weight is 422 g/mol. The predicted octanol–water partition coefficient (Wildman–Crippen LogP) is 4.09. The fourth-order valence-corrected chi connectivity index (χ4v) is 3.20. The highest BCUT2D eigenvalue weighted by atomic mass is 35.5. The molecule has 1 aromatic heterocycles. The van der Waals surface area contributed by atoms with Gasteiger partial charge in [-0.25, -0.2) is 14.5 Å². The van der Waals surface area contributed by atoms with E-state index in [-0.39, 0.29) is 11.6 Å². The number of benzene rings is 2. The third-order valence-corrected chi connectivity index (χ3v) is 4.70. The fraction of sp³-hybridized carbons (Fsp3) is 0.211. The number of esters is 1. The highest BCUT2D eigenvalue weighted by molar-refractivity contribution is 6.32. The van der Waals surface area contributed by atoms with Gasteiger partial charge < -0.3 is 14.2 Å². The number of aromatic nitrogens is 3. The van der Waals surface area contributed by atoms with E-state index in [0.717, 1.165) is 0 Å². The van der Waals surface area contributed by atoms with Gasteiger partial charge in [-0.3, -0.25) is 0 Å². The summed E-state index contributed by atoms with van der Waals surface area (Å²) in [5.41, 5.74) is -1.08. The minimum atomic E-state index is -1.50. The lowest BCUT2D eigenvalue weighted by atomic mass is 9.93. The molecule has 0 radical (unpaired) electrons. The molecule has 0 saturated heterocycles. The van der Waals surface area contributed by atoms with Crippen LogP contribution in [0.5, 0.6) is 11.5 Å². The van der Waals surface area contributed by atoms with Crippen LogP contribution in [-0.4, -0.2) is 35.0 Å². The van der Waals surface area contributed by atoms with Crippen molar-refractivity contribution in [3.63, 3.8) is 0 Å². The van der Waals surface area contributed by atoms with Gasteiger partial charge in [-0.1, -0.05) is 29.3 Å². The molecule has 0 aliphatic heterocycles. The number of nitrogens with zero attached hydrogens (tertiary/aromatic N) is 3. The first-order valence-electron chi connectivity index (χ1n) is 8.18. The predicted molar refractivity (Wildman–Crippen MR) is 104 cm³/mol. The second-order valence-corrected chi connectivity index (χ2v) is 6.66. The zero-order valence-corrected chi connectivity index (χ0v) is 16.6. The van der Waals surface area contributed by atoms with E-state index >= 15 is 0 Å². The highest BCUT2D eigenvalue weighted by Gasteiger charge is 2.44. The Balaban J connectivity index is 1.96. The number of ether oxygens (including phenoxy) is 3. The number of hydrogen-bond donors (Lipinski definition) is 0. The topological polar surface area (TPSA) is 75.5 Å². The van der Waals surface area contributed by atoms with Gasteiger partial charge in [0.25, 0.3) is 0 Å². The maximum Gasteiger partial charge on any atom is 0.344 e. The molecule has 146 valence electrons. The van der Waals surface area contributed by atoms with Gasteiger partial charge in [0.2, 0.25) is 5.60 Å². The minimum absolute atomic E-state index is 0.0350. The lowest BCUT2D eigenvalue weighted by Crippen LogP contribution is -2.43. The Morgan fingerprint density at radius 2 is 1.82 bits per heavy atom. The average Bonchev–Trinajstić information content (AvgIpc) is 3.21. The van der Waals surface area contributed by atoms with Crippen molar-refractivity contribution in [1.82, 2.24) is 14.8 Å². The molecule has 3 rings (SSSR count). The van der Waals surface area contributed by atoms with Crippen molar-refractivity contribution < 1.29 is 19.0 Å². The number of carbonyl (C=O) groups is 1. The Morgan fingerprint density at radius 3 is 2.39 bits per heavy atom. The normalized spacial score (nSPS) is 13.0. The van der Waals surface area contributed by atoms with Crippen molar-refractivity contribution in [2.45, 2.75) is 12.1 Å². The summed E-state index contributed by atoms with van der Waals surface area (Å²) >= 11 is 12.4. The van der Waals surface area contributed by atoms with E-state index in [9.17, 15) is 4.79 Å². The molecular formula is C19H17Cl2N3O4. The van der Waals surface area contributed by atoms with Gasteiger partial charge in [-0.05, 0) is 36.4 Å². The number of rotatable bonds is 7.